The zero-order chi connectivity index (χ0) is 23.9. The lowest BCUT2D eigenvalue weighted by Gasteiger charge is -2.25. The van der Waals surface area contributed by atoms with Crippen molar-refractivity contribution in [2.24, 2.45) is 11.3 Å². The molecule has 0 aliphatic carbocycles. The van der Waals surface area contributed by atoms with Crippen molar-refractivity contribution in [3.63, 3.8) is 0 Å². The van der Waals surface area contributed by atoms with Gasteiger partial charge in [-0.3, -0.25) is 14.4 Å². The minimum atomic E-state index is -1.01. The molecule has 1 aliphatic heterocycles. The second-order valence-corrected chi connectivity index (χ2v) is 10.7. The Morgan fingerprint density at radius 2 is 2.00 bits per heavy atom. The van der Waals surface area contributed by atoms with Gasteiger partial charge in [-0.2, -0.15) is 0 Å². The van der Waals surface area contributed by atoms with Crippen LogP contribution in [0.15, 0.2) is 6.20 Å². The number of aromatic nitrogens is 1. The average molecular weight is 467 g/mol. The summed E-state index contributed by atoms with van der Waals surface area (Å²) in [6, 6.07) is -1.92. The Morgan fingerprint density at radius 1 is 1.28 bits per heavy atom. The van der Waals surface area contributed by atoms with Crippen LogP contribution in [-0.2, 0) is 32.0 Å². The molecule has 0 fully saturated rings. The fourth-order valence-corrected chi connectivity index (χ4v) is 4.05. The van der Waals surface area contributed by atoms with Gasteiger partial charge >= 0.3 is 6.09 Å². The van der Waals surface area contributed by atoms with E-state index in [1.807, 2.05) is 27.0 Å². The first-order valence-corrected chi connectivity index (χ1v) is 11.8. The second-order valence-electron chi connectivity index (χ2n) is 9.55. The van der Waals surface area contributed by atoms with Crippen molar-refractivity contribution < 1.29 is 23.9 Å². The number of amides is 3. The Hall–Kier alpha value is -2.49. The van der Waals surface area contributed by atoms with Crippen LogP contribution in [0.2, 0.25) is 0 Å². The predicted octanol–water partition coefficient (Wildman–Crippen LogP) is 1.99. The van der Waals surface area contributed by atoms with Crippen molar-refractivity contribution in [3.8, 4) is 0 Å². The molecule has 2 heterocycles. The number of ether oxygens (including phenoxy) is 1. The van der Waals surface area contributed by atoms with Crippen LogP contribution >= 0.6 is 11.3 Å². The zero-order valence-corrected chi connectivity index (χ0v) is 20.3. The van der Waals surface area contributed by atoms with E-state index in [0.29, 0.717) is 19.4 Å². The summed E-state index contributed by atoms with van der Waals surface area (Å²) >= 11 is 1.58. The van der Waals surface area contributed by atoms with E-state index in [9.17, 15) is 19.2 Å². The summed E-state index contributed by atoms with van der Waals surface area (Å²) in [5.41, 5.74) is -0.212. The predicted molar refractivity (Wildman–Crippen MR) is 121 cm³/mol. The number of hydrogen-bond acceptors (Lipinski definition) is 7. The molecule has 3 N–H and O–H groups in total. The maximum atomic E-state index is 13.0. The first-order chi connectivity index (χ1) is 15.0. The Kier molecular flexibility index (Phi) is 9.18. The van der Waals surface area contributed by atoms with E-state index in [1.165, 1.54) is 0 Å². The molecular weight excluding hydrogens is 432 g/mol. The molecule has 0 saturated carbocycles. The molecule has 9 nitrogen and oxygen atoms in total. The highest BCUT2D eigenvalue weighted by Crippen LogP contribution is 2.18. The first kappa shape index (κ1) is 25.8. The normalized spacial score (nSPS) is 18.8. The molecule has 2 atom stereocenters. The summed E-state index contributed by atoms with van der Waals surface area (Å²) in [5.74, 6) is -2.21. The van der Waals surface area contributed by atoms with Crippen LogP contribution in [-0.4, -0.2) is 53.9 Å². The summed E-state index contributed by atoms with van der Waals surface area (Å²) in [6.45, 7) is 9.91. The van der Waals surface area contributed by atoms with Crippen LogP contribution in [0.1, 0.15) is 57.3 Å². The zero-order valence-electron chi connectivity index (χ0n) is 19.4. The molecule has 0 aromatic carbocycles. The lowest BCUT2D eigenvalue weighted by molar-refractivity contribution is -0.140. The molecular formula is C22H34N4O5S. The highest BCUT2D eigenvalue weighted by atomic mass is 32.1. The van der Waals surface area contributed by atoms with Gasteiger partial charge in [0.1, 0.15) is 6.04 Å². The lowest BCUT2D eigenvalue weighted by atomic mass is 9.99. The summed E-state index contributed by atoms with van der Waals surface area (Å²) in [4.78, 5) is 55.7. The van der Waals surface area contributed by atoms with E-state index in [0.717, 1.165) is 16.3 Å². The molecule has 0 spiro atoms. The van der Waals surface area contributed by atoms with E-state index in [2.05, 4.69) is 20.9 Å². The number of rotatable bonds is 5. The Morgan fingerprint density at radius 3 is 2.66 bits per heavy atom. The highest BCUT2D eigenvalue weighted by molar-refractivity contribution is 7.11. The first-order valence-electron chi connectivity index (χ1n) is 11.0. The third-order valence-corrected chi connectivity index (χ3v) is 5.97. The summed E-state index contributed by atoms with van der Waals surface area (Å²) < 4.78 is 5.21. The van der Waals surface area contributed by atoms with E-state index in [1.54, 1.807) is 25.2 Å². The van der Waals surface area contributed by atoms with Crippen molar-refractivity contribution in [2.45, 2.75) is 72.4 Å². The van der Waals surface area contributed by atoms with Gasteiger partial charge in [0, 0.05) is 24.0 Å². The number of thiazole rings is 1. The topological polar surface area (TPSA) is 126 Å². The number of alkyl carbamates (subject to hydrolysis) is 1. The van der Waals surface area contributed by atoms with Gasteiger partial charge in [-0.15, -0.1) is 11.3 Å². The molecule has 1 aromatic rings. The van der Waals surface area contributed by atoms with E-state index < -0.39 is 35.8 Å². The smallest absolute Gasteiger partial charge is 0.407 e. The largest absolute Gasteiger partial charge is 0.449 e. The van der Waals surface area contributed by atoms with Gasteiger partial charge < -0.3 is 20.7 Å². The van der Waals surface area contributed by atoms with Crippen LogP contribution in [0.25, 0.3) is 0 Å². The standard InChI is InChI=1S/C22H34N4O5S/c1-13(2)17(26-21(30)31-12-22(3,4)5)19(28)25-15-8-9-16-24-11-14(32-16)7-6-10-23-20(29)18(15)27/h11,13,15,17H,6-10,12H2,1-5H3,(H,23,29)(H,25,28)(H,26,30). The molecule has 10 heteroatoms. The number of ketones is 1. The van der Waals surface area contributed by atoms with Gasteiger partial charge in [0.15, 0.2) is 0 Å². The van der Waals surface area contributed by atoms with Crippen molar-refractivity contribution in [3.05, 3.63) is 16.1 Å². The van der Waals surface area contributed by atoms with Gasteiger partial charge in [-0.25, -0.2) is 9.78 Å². The summed E-state index contributed by atoms with van der Waals surface area (Å²) in [6.07, 6.45) is 3.31. The fourth-order valence-electron chi connectivity index (χ4n) is 3.07. The Balaban J connectivity index is 2.09. The number of fused-ring (bicyclic) bond motifs is 2. The molecule has 0 saturated heterocycles. The maximum Gasteiger partial charge on any atom is 0.407 e. The van der Waals surface area contributed by atoms with Crippen molar-refractivity contribution in [2.75, 3.05) is 13.2 Å². The molecule has 2 rings (SSSR count). The molecule has 32 heavy (non-hydrogen) atoms. The lowest BCUT2D eigenvalue weighted by Crippen LogP contribution is -2.55. The van der Waals surface area contributed by atoms with Crippen LogP contribution in [0, 0.1) is 11.3 Å². The van der Waals surface area contributed by atoms with Crippen LogP contribution in [0.4, 0.5) is 4.79 Å². The number of carbonyl (C=O) groups is 4. The van der Waals surface area contributed by atoms with Crippen LogP contribution in [0.3, 0.4) is 0 Å². The molecule has 2 unspecified atom stereocenters. The molecule has 178 valence electrons. The van der Waals surface area contributed by atoms with E-state index in [4.69, 9.17) is 4.74 Å². The molecule has 1 aromatic heterocycles. The van der Waals surface area contributed by atoms with Gasteiger partial charge in [-0.05, 0) is 30.6 Å². The van der Waals surface area contributed by atoms with Crippen molar-refractivity contribution in [1.82, 2.24) is 20.9 Å². The van der Waals surface area contributed by atoms with Gasteiger partial charge in [0.25, 0.3) is 5.91 Å². The third kappa shape index (κ3) is 8.22. The van der Waals surface area contributed by atoms with Crippen molar-refractivity contribution in [1.29, 1.82) is 0 Å². The number of hydrogen-bond donors (Lipinski definition) is 3. The average Bonchev–Trinajstić information content (AvgIpc) is 3.16. The maximum absolute atomic E-state index is 13.0. The molecule has 2 bridgehead atoms. The van der Waals surface area contributed by atoms with E-state index in [-0.39, 0.29) is 24.4 Å². The minimum absolute atomic E-state index is 0.197. The van der Waals surface area contributed by atoms with Crippen LogP contribution in [0.5, 0.6) is 0 Å². The third-order valence-electron chi connectivity index (χ3n) is 4.85. The number of Topliss-reactive ketones (excluding diaryl/α,β-unsaturated/α-hetero) is 1. The number of nitrogens with one attached hydrogen (secondary N) is 3. The number of carbonyl (C=O) groups excluding carboxylic acids is 4. The molecule has 1 aliphatic rings. The second kappa shape index (κ2) is 11.4. The van der Waals surface area contributed by atoms with Gasteiger partial charge in [-0.1, -0.05) is 34.6 Å². The SMILES string of the molecule is CC(C)C(NC(=O)OCC(C)(C)C)C(=O)NC1CCc2ncc(s2)CCCNC(=O)C1=O. The van der Waals surface area contributed by atoms with Crippen LogP contribution < -0.4 is 16.0 Å². The molecule has 0 radical (unpaired) electrons. The summed E-state index contributed by atoms with van der Waals surface area (Å²) in [7, 11) is 0. The highest BCUT2D eigenvalue weighted by Gasteiger charge is 2.32. The fraction of sp³-hybridized carbons (Fsp3) is 0.682. The minimum Gasteiger partial charge on any atom is -0.449 e. The molecule has 3 amide bonds. The monoisotopic (exact) mass is 466 g/mol. The number of nitrogens with zero attached hydrogens (tertiary/aromatic N) is 1. The number of aryl methyl sites for hydroxylation is 2. The van der Waals surface area contributed by atoms with Gasteiger partial charge in [0.05, 0.1) is 17.7 Å². The Bertz CT molecular complexity index is 831. The quantitative estimate of drug-likeness (QED) is 0.570. The Labute approximate surface area is 193 Å². The van der Waals surface area contributed by atoms with Crippen molar-refractivity contribution >= 4 is 35.0 Å². The van der Waals surface area contributed by atoms with E-state index >= 15 is 0 Å². The van der Waals surface area contributed by atoms with Gasteiger partial charge in [0.2, 0.25) is 11.7 Å². The summed E-state index contributed by atoms with van der Waals surface area (Å²) in [5, 5.41) is 8.73.